The van der Waals surface area contributed by atoms with Crippen LogP contribution in [0.5, 0.6) is 28.7 Å². The lowest BCUT2D eigenvalue weighted by Crippen LogP contribution is -2.18. The smallest absolute Gasteiger partial charge is 0.122 e. The Bertz CT molecular complexity index is 1040. The maximum Gasteiger partial charge on any atom is 0.122 e. The summed E-state index contributed by atoms with van der Waals surface area (Å²) in [4.78, 5) is 0. The van der Waals surface area contributed by atoms with Crippen LogP contribution in [0.2, 0.25) is 0 Å². The van der Waals surface area contributed by atoms with Gasteiger partial charge in [-0.3, -0.25) is 0 Å². The third kappa shape index (κ3) is 5.92. The van der Waals surface area contributed by atoms with Crippen molar-refractivity contribution >= 4 is 0 Å². The first-order valence-electron chi connectivity index (χ1n) is 11.5. The molecular formula is C28H34O5. The van der Waals surface area contributed by atoms with Crippen molar-refractivity contribution in [3.63, 3.8) is 0 Å². The molecule has 0 bridgehead atoms. The van der Waals surface area contributed by atoms with Gasteiger partial charge in [-0.1, -0.05) is 64.3 Å². The zero-order valence-electron chi connectivity index (χ0n) is 19.6. The molecule has 176 valence electrons. The summed E-state index contributed by atoms with van der Waals surface area (Å²) in [5.74, 6) is 0.0204. The average molecular weight is 451 g/mol. The number of benzene rings is 3. The van der Waals surface area contributed by atoms with Gasteiger partial charge in [0.1, 0.15) is 28.7 Å². The minimum atomic E-state index is -0.125. The van der Waals surface area contributed by atoms with Crippen LogP contribution in [-0.2, 0) is 18.3 Å². The highest BCUT2D eigenvalue weighted by atomic mass is 16.3. The van der Waals surface area contributed by atoms with E-state index in [-0.39, 0.29) is 34.2 Å². The number of unbranched alkanes of at least 4 members (excludes halogenated alkanes) is 2. The highest BCUT2D eigenvalue weighted by Gasteiger charge is 2.24. The summed E-state index contributed by atoms with van der Waals surface area (Å²) in [5, 5.41) is 50.9. The fourth-order valence-electron chi connectivity index (χ4n) is 4.20. The molecule has 3 aromatic rings. The Balaban J connectivity index is 2.05. The zero-order valence-corrected chi connectivity index (χ0v) is 19.6. The van der Waals surface area contributed by atoms with Crippen LogP contribution >= 0.6 is 0 Å². The molecular weight excluding hydrogens is 416 g/mol. The molecule has 0 spiro atoms. The maximum atomic E-state index is 11.1. The second kappa shape index (κ2) is 10.1. The normalized spacial score (nSPS) is 11.6. The van der Waals surface area contributed by atoms with E-state index >= 15 is 0 Å². The van der Waals surface area contributed by atoms with Crippen molar-refractivity contribution in [1.82, 2.24) is 0 Å². The number of aromatic hydroxyl groups is 5. The molecule has 0 atom stereocenters. The Kier molecular flexibility index (Phi) is 7.42. The van der Waals surface area contributed by atoms with Gasteiger partial charge in [0, 0.05) is 25.0 Å². The second-order valence-electron chi connectivity index (χ2n) is 9.46. The van der Waals surface area contributed by atoms with Crippen LogP contribution in [0.4, 0.5) is 0 Å². The molecule has 3 rings (SSSR count). The first kappa shape index (κ1) is 24.3. The van der Waals surface area contributed by atoms with Crippen LogP contribution < -0.4 is 0 Å². The third-order valence-corrected chi connectivity index (χ3v) is 6.35. The van der Waals surface area contributed by atoms with Gasteiger partial charge in [-0.25, -0.2) is 0 Å². The maximum absolute atomic E-state index is 11.1. The summed E-state index contributed by atoms with van der Waals surface area (Å²) >= 11 is 0. The minimum Gasteiger partial charge on any atom is -0.508 e. The Morgan fingerprint density at radius 3 is 1.55 bits per heavy atom. The molecule has 0 aliphatic heterocycles. The molecule has 5 N–H and O–H groups in total. The van der Waals surface area contributed by atoms with Crippen LogP contribution in [0.3, 0.4) is 0 Å². The van der Waals surface area contributed by atoms with E-state index in [1.165, 1.54) is 24.3 Å². The summed E-state index contributed by atoms with van der Waals surface area (Å²) in [7, 11) is 0. The number of rotatable bonds is 9. The third-order valence-electron chi connectivity index (χ3n) is 6.35. The van der Waals surface area contributed by atoms with Crippen LogP contribution in [0, 0.1) is 0 Å². The zero-order chi connectivity index (χ0) is 24.2. The molecule has 5 heteroatoms. The molecule has 0 heterocycles. The van der Waals surface area contributed by atoms with Crippen LogP contribution in [-0.4, -0.2) is 25.5 Å². The average Bonchev–Trinajstić information content (AvgIpc) is 2.74. The highest BCUT2D eigenvalue weighted by molar-refractivity contribution is 5.52. The van der Waals surface area contributed by atoms with Crippen molar-refractivity contribution in [2.75, 3.05) is 0 Å². The van der Waals surface area contributed by atoms with Gasteiger partial charge in [0.15, 0.2) is 0 Å². The molecule has 0 saturated carbocycles. The number of phenolic OH excluding ortho intramolecular Hbond substituents is 5. The summed E-state index contributed by atoms with van der Waals surface area (Å²) in [6.07, 6.45) is 5.00. The van der Waals surface area contributed by atoms with Crippen molar-refractivity contribution in [2.45, 2.75) is 64.7 Å². The monoisotopic (exact) mass is 450 g/mol. The van der Waals surface area contributed by atoms with Crippen molar-refractivity contribution in [2.24, 2.45) is 0 Å². The van der Waals surface area contributed by atoms with E-state index in [9.17, 15) is 25.5 Å². The van der Waals surface area contributed by atoms with Crippen molar-refractivity contribution in [1.29, 1.82) is 0 Å². The predicted octanol–water partition coefficient (Wildman–Crippen LogP) is 6.25. The van der Waals surface area contributed by atoms with E-state index in [1.807, 2.05) is 12.1 Å². The van der Waals surface area contributed by atoms with Crippen LogP contribution in [0.15, 0.2) is 48.5 Å². The van der Waals surface area contributed by atoms with Gasteiger partial charge in [-0.2, -0.15) is 0 Å². The molecule has 0 aliphatic carbocycles. The first-order valence-corrected chi connectivity index (χ1v) is 11.5. The number of hydrogen-bond acceptors (Lipinski definition) is 5. The van der Waals surface area contributed by atoms with Crippen molar-refractivity contribution in [3.05, 3.63) is 76.3 Å². The van der Waals surface area contributed by atoms with Gasteiger partial charge in [-0.05, 0) is 51.8 Å². The Morgan fingerprint density at radius 2 is 1.12 bits per heavy atom. The molecule has 5 nitrogen and oxygen atoms in total. The van der Waals surface area contributed by atoms with E-state index in [4.69, 9.17) is 0 Å². The lowest BCUT2D eigenvalue weighted by atomic mass is 9.77. The van der Waals surface area contributed by atoms with Gasteiger partial charge in [0.25, 0.3) is 0 Å². The molecule has 0 amide bonds. The fraction of sp³-hybridized carbons (Fsp3) is 0.357. The summed E-state index contributed by atoms with van der Waals surface area (Å²) in [6, 6.07) is 12.9. The number of phenols is 5. The van der Waals surface area contributed by atoms with Gasteiger partial charge in [0.05, 0.1) is 0 Å². The summed E-state index contributed by atoms with van der Waals surface area (Å²) in [6.45, 7) is 6.56. The lowest BCUT2D eigenvalue weighted by Gasteiger charge is -2.27. The minimum absolute atomic E-state index is 0.0187. The molecule has 3 aromatic carbocycles. The van der Waals surface area contributed by atoms with E-state index in [0.29, 0.717) is 35.1 Å². The van der Waals surface area contributed by atoms with Crippen LogP contribution in [0.25, 0.3) is 0 Å². The van der Waals surface area contributed by atoms with Gasteiger partial charge < -0.3 is 25.5 Å². The van der Waals surface area contributed by atoms with E-state index in [1.54, 1.807) is 12.1 Å². The van der Waals surface area contributed by atoms with Gasteiger partial charge in [-0.15, -0.1) is 0 Å². The topological polar surface area (TPSA) is 101 Å². The molecule has 0 fully saturated rings. The van der Waals surface area contributed by atoms with Gasteiger partial charge >= 0.3 is 0 Å². The SMILES string of the molecule is CCCCCC(C)(C)c1cc(Cc2ccc(O)cc2O)c(O)c(Cc2ccc(O)cc2O)c1. The summed E-state index contributed by atoms with van der Waals surface area (Å²) < 4.78 is 0. The number of hydrogen-bond donors (Lipinski definition) is 5. The van der Waals surface area contributed by atoms with E-state index in [2.05, 4.69) is 20.8 Å². The van der Waals surface area contributed by atoms with E-state index in [0.717, 1.165) is 31.2 Å². The fourth-order valence-corrected chi connectivity index (χ4v) is 4.20. The first-order chi connectivity index (χ1) is 15.6. The van der Waals surface area contributed by atoms with Crippen molar-refractivity contribution < 1.29 is 25.5 Å². The summed E-state index contributed by atoms with van der Waals surface area (Å²) in [5.41, 5.74) is 3.50. The largest absolute Gasteiger partial charge is 0.508 e. The molecule has 0 aliphatic rings. The lowest BCUT2D eigenvalue weighted by molar-refractivity contribution is 0.439. The Labute approximate surface area is 195 Å². The highest BCUT2D eigenvalue weighted by Crippen LogP contribution is 2.38. The predicted molar refractivity (Wildman–Crippen MR) is 130 cm³/mol. The Hall–Kier alpha value is -3.34. The molecule has 0 saturated heterocycles. The van der Waals surface area contributed by atoms with Crippen LogP contribution in [0.1, 0.15) is 74.3 Å². The molecule has 0 unspecified atom stereocenters. The second-order valence-corrected chi connectivity index (χ2v) is 9.46. The quantitative estimate of drug-likeness (QED) is 0.248. The molecule has 33 heavy (non-hydrogen) atoms. The molecule has 0 radical (unpaired) electrons. The van der Waals surface area contributed by atoms with Gasteiger partial charge in [0.2, 0.25) is 0 Å². The van der Waals surface area contributed by atoms with E-state index < -0.39 is 0 Å². The molecule has 0 aromatic heterocycles. The van der Waals surface area contributed by atoms with Crippen molar-refractivity contribution in [3.8, 4) is 28.7 Å². The standard InChI is InChI=1S/C28H34O5/c1-4-5-6-11-28(2,3)22-14-20(12-18-7-9-23(29)16-25(18)31)27(33)21(15-22)13-19-8-10-24(30)17-26(19)32/h7-10,14-17,29-33H,4-6,11-13H2,1-3H3. The Morgan fingerprint density at radius 1 is 0.636 bits per heavy atom.